The van der Waals surface area contributed by atoms with Crippen molar-refractivity contribution >= 4 is 23.1 Å². The van der Waals surface area contributed by atoms with Crippen molar-refractivity contribution in [3.8, 4) is 0 Å². The molecule has 0 heterocycles. The molecule has 0 saturated heterocycles. The number of hydrogen-bond acceptors (Lipinski definition) is 6. The van der Waals surface area contributed by atoms with Crippen LogP contribution in [0.1, 0.15) is 0 Å². The van der Waals surface area contributed by atoms with Crippen molar-refractivity contribution in [1.82, 2.24) is 5.32 Å². The van der Waals surface area contributed by atoms with Crippen LogP contribution in [0.3, 0.4) is 0 Å². The van der Waals surface area contributed by atoms with E-state index in [4.69, 9.17) is 11.6 Å². The van der Waals surface area contributed by atoms with E-state index in [2.05, 4.69) is 16.1 Å². The molecule has 0 fully saturated rings. The molecule has 9 nitrogen and oxygen atoms in total. The highest BCUT2D eigenvalue weighted by Gasteiger charge is 2.09. The van der Waals surface area contributed by atoms with Crippen molar-refractivity contribution in [1.29, 1.82) is 0 Å². The summed E-state index contributed by atoms with van der Waals surface area (Å²) in [7, 11) is 0. The average Bonchev–Trinajstić information content (AvgIpc) is 2.34. The van der Waals surface area contributed by atoms with E-state index < -0.39 is 11.0 Å². The lowest BCUT2D eigenvalue weighted by atomic mass is 10.2. The van der Waals surface area contributed by atoms with E-state index >= 15 is 0 Å². The largest absolute Gasteiger partial charge is 0.383 e. The molecule has 0 saturated carbocycles. The molecular formula is C9H14N6O3. The number of nitro benzene ring substituents is 1. The topological polar surface area (TPSA) is 148 Å². The van der Waals surface area contributed by atoms with E-state index in [1.54, 1.807) is 6.07 Å². The Morgan fingerprint density at radius 1 is 1.28 bits per heavy atom. The molecule has 98 valence electrons. The molecule has 0 aliphatic heterocycles. The zero-order chi connectivity index (χ0) is 13.5. The minimum atomic E-state index is -0.625. The molecule has 0 bridgehead atoms. The summed E-state index contributed by atoms with van der Waals surface area (Å²) in [6, 6.07) is 3.66. The lowest BCUT2D eigenvalue weighted by Crippen LogP contribution is -2.33. The molecule has 1 rings (SSSR count). The molecule has 0 atom stereocenters. The van der Waals surface area contributed by atoms with Gasteiger partial charge in [-0.25, -0.2) is 4.79 Å². The van der Waals surface area contributed by atoms with Crippen LogP contribution in [0.15, 0.2) is 18.2 Å². The number of carbonyl (C=O) groups is 1. The number of nitrogen functional groups attached to an aromatic ring is 1. The number of amides is 2. The highest BCUT2D eigenvalue weighted by Crippen LogP contribution is 2.23. The fourth-order valence-electron chi connectivity index (χ4n) is 1.29. The van der Waals surface area contributed by atoms with Gasteiger partial charge in [-0.05, 0) is 6.07 Å². The van der Waals surface area contributed by atoms with Gasteiger partial charge in [0.15, 0.2) is 0 Å². The van der Waals surface area contributed by atoms with Crippen LogP contribution in [-0.2, 0) is 0 Å². The Balaban J connectivity index is 2.66. The minimum absolute atomic E-state index is 0.0872. The van der Waals surface area contributed by atoms with E-state index in [-0.39, 0.29) is 5.69 Å². The van der Waals surface area contributed by atoms with Gasteiger partial charge in [-0.15, -0.1) is 0 Å². The summed E-state index contributed by atoms with van der Waals surface area (Å²) in [5.41, 5.74) is 8.07. The number of nitro groups is 1. The zero-order valence-corrected chi connectivity index (χ0v) is 9.47. The van der Waals surface area contributed by atoms with Gasteiger partial charge in [-0.2, -0.15) is 0 Å². The first-order valence-electron chi connectivity index (χ1n) is 5.06. The molecule has 7 N–H and O–H groups in total. The molecule has 0 spiro atoms. The fraction of sp³-hybridized carbons (Fsp3) is 0.222. The normalized spacial score (nSPS) is 9.61. The molecule has 18 heavy (non-hydrogen) atoms. The van der Waals surface area contributed by atoms with Crippen molar-refractivity contribution in [2.75, 3.05) is 23.8 Å². The second-order valence-corrected chi connectivity index (χ2v) is 3.39. The molecule has 0 unspecified atom stereocenters. The lowest BCUT2D eigenvalue weighted by Gasteiger charge is -2.08. The standard InChI is InChI=1S/C9H14N6O3/c10-9(16)13-2-1-12-6-3-7(14-11)5-8(4-6)15(17)18/h3-5,12,14H,1-2,11H2,(H3,10,13,16). The predicted molar refractivity (Wildman–Crippen MR) is 67.0 cm³/mol. The van der Waals surface area contributed by atoms with Crippen LogP contribution >= 0.6 is 0 Å². The van der Waals surface area contributed by atoms with Crippen LogP contribution in [-0.4, -0.2) is 24.0 Å². The van der Waals surface area contributed by atoms with Gasteiger partial charge in [0.2, 0.25) is 0 Å². The number of urea groups is 1. The quantitative estimate of drug-likeness (QED) is 0.208. The molecule has 0 aliphatic rings. The van der Waals surface area contributed by atoms with Gasteiger partial charge in [0.25, 0.3) is 5.69 Å². The summed E-state index contributed by atoms with van der Waals surface area (Å²) in [6.07, 6.45) is 0. The Morgan fingerprint density at radius 3 is 2.50 bits per heavy atom. The third-order valence-electron chi connectivity index (χ3n) is 2.05. The van der Waals surface area contributed by atoms with Crippen molar-refractivity contribution < 1.29 is 9.72 Å². The molecular weight excluding hydrogens is 240 g/mol. The number of nitrogens with two attached hydrogens (primary N) is 2. The number of primary amides is 1. The number of non-ortho nitro benzene ring substituents is 1. The van der Waals surface area contributed by atoms with Gasteiger partial charge < -0.3 is 21.8 Å². The molecule has 0 radical (unpaired) electrons. The average molecular weight is 254 g/mol. The summed E-state index contributed by atoms with van der Waals surface area (Å²) < 4.78 is 0. The maximum absolute atomic E-state index is 10.7. The van der Waals surface area contributed by atoms with Gasteiger partial charge in [0.1, 0.15) is 0 Å². The predicted octanol–water partition coefficient (Wildman–Crippen LogP) is -0.0394. The van der Waals surface area contributed by atoms with Crippen molar-refractivity contribution in [2.24, 2.45) is 11.6 Å². The van der Waals surface area contributed by atoms with E-state index in [0.29, 0.717) is 24.5 Å². The first-order valence-corrected chi connectivity index (χ1v) is 5.06. The Labute approximate surface area is 103 Å². The first-order chi connectivity index (χ1) is 8.52. The van der Waals surface area contributed by atoms with Crippen LogP contribution in [0.5, 0.6) is 0 Å². The summed E-state index contributed by atoms with van der Waals surface area (Å²) in [6.45, 7) is 0.692. The number of benzene rings is 1. The zero-order valence-electron chi connectivity index (χ0n) is 9.47. The molecule has 1 aromatic rings. The molecule has 2 amide bonds. The minimum Gasteiger partial charge on any atom is -0.383 e. The summed E-state index contributed by atoms with van der Waals surface area (Å²) in [5, 5.41) is 16.0. The van der Waals surface area contributed by atoms with Crippen molar-refractivity contribution in [2.45, 2.75) is 0 Å². The Morgan fingerprint density at radius 2 is 1.94 bits per heavy atom. The highest BCUT2D eigenvalue weighted by molar-refractivity contribution is 5.71. The SMILES string of the molecule is NNc1cc(NCCNC(N)=O)cc([N+](=O)[O-])c1. The monoisotopic (exact) mass is 254 g/mol. The van der Waals surface area contributed by atoms with Gasteiger partial charge in [-0.3, -0.25) is 16.0 Å². The van der Waals surface area contributed by atoms with E-state index in [1.165, 1.54) is 12.1 Å². The number of carbonyl (C=O) groups excluding carboxylic acids is 1. The smallest absolute Gasteiger partial charge is 0.312 e. The van der Waals surface area contributed by atoms with Crippen LogP contribution < -0.4 is 27.6 Å². The number of rotatable bonds is 6. The molecule has 0 aromatic heterocycles. The number of nitrogens with zero attached hydrogens (tertiary/aromatic N) is 1. The first kappa shape index (κ1) is 13.5. The number of hydrogen-bond donors (Lipinski definition) is 5. The van der Waals surface area contributed by atoms with Crippen LogP contribution in [0.2, 0.25) is 0 Å². The third kappa shape index (κ3) is 4.14. The van der Waals surface area contributed by atoms with E-state index in [0.717, 1.165) is 0 Å². The van der Waals surface area contributed by atoms with Crippen LogP contribution in [0.25, 0.3) is 0 Å². The number of nitrogens with one attached hydrogen (secondary N) is 3. The number of anilines is 2. The summed E-state index contributed by atoms with van der Waals surface area (Å²) in [5.74, 6) is 5.21. The summed E-state index contributed by atoms with van der Waals surface area (Å²) >= 11 is 0. The van der Waals surface area contributed by atoms with E-state index in [9.17, 15) is 14.9 Å². The lowest BCUT2D eigenvalue weighted by molar-refractivity contribution is -0.384. The van der Waals surface area contributed by atoms with Gasteiger partial charge >= 0.3 is 6.03 Å². The van der Waals surface area contributed by atoms with Gasteiger partial charge in [-0.1, -0.05) is 0 Å². The van der Waals surface area contributed by atoms with Crippen molar-refractivity contribution in [3.05, 3.63) is 28.3 Å². The Bertz CT molecular complexity index is 450. The van der Waals surface area contributed by atoms with Gasteiger partial charge in [0, 0.05) is 30.9 Å². The maximum atomic E-state index is 10.7. The Kier molecular flexibility index (Phi) is 4.69. The molecule has 9 heteroatoms. The number of hydrazine groups is 1. The van der Waals surface area contributed by atoms with Gasteiger partial charge in [0.05, 0.1) is 10.6 Å². The van der Waals surface area contributed by atoms with Crippen LogP contribution in [0.4, 0.5) is 21.9 Å². The van der Waals surface area contributed by atoms with Crippen LogP contribution in [0, 0.1) is 10.1 Å². The molecule has 0 aliphatic carbocycles. The van der Waals surface area contributed by atoms with E-state index in [1.807, 2.05) is 0 Å². The maximum Gasteiger partial charge on any atom is 0.312 e. The third-order valence-corrected chi connectivity index (χ3v) is 2.05. The van der Waals surface area contributed by atoms with Crippen molar-refractivity contribution in [3.63, 3.8) is 0 Å². The highest BCUT2D eigenvalue weighted by atomic mass is 16.6. The molecule has 1 aromatic carbocycles. The Hall–Kier alpha value is -2.55. The second-order valence-electron chi connectivity index (χ2n) is 3.39. The summed E-state index contributed by atoms with van der Waals surface area (Å²) in [4.78, 5) is 20.6. The fourth-order valence-corrected chi connectivity index (χ4v) is 1.29. The second kappa shape index (κ2) is 6.25.